The van der Waals surface area contributed by atoms with Crippen LogP contribution in [0.2, 0.25) is 0 Å². The number of amides is 2. The van der Waals surface area contributed by atoms with Crippen LogP contribution in [-0.2, 0) is 11.3 Å². The highest BCUT2D eigenvalue weighted by atomic mass is 16.3. The summed E-state index contributed by atoms with van der Waals surface area (Å²) in [5, 5.41) is 15.1. The van der Waals surface area contributed by atoms with E-state index in [1.165, 1.54) is 5.56 Å². The molecule has 1 unspecified atom stereocenters. The van der Waals surface area contributed by atoms with E-state index in [-0.39, 0.29) is 12.6 Å². The molecule has 7 nitrogen and oxygen atoms in total. The molecule has 0 aliphatic carbocycles. The van der Waals surface area contributed by atoms with Crippen LogP contribution in [0.1, 0.15) is 34.3 Å². The van der Waals surface area contributed by atoms with Gasteiger partial charge in [-0.15, -0.1) is 0 Å². The first-order valence-electron chi connectivity index (χ1n) is 11.1. The van der Waals surface area contributed by atoms with Crippen LogP contribution in [0.5, 0.6) is 0 Å². The molecule has 2 aliphatic heterocycles. The fourth-order valence-electron chi connectivity index (χ4n) is 4.48. The van der Waals surface area contributed by atoms with Gasteiger partial charge in [-0.3, -0.25) is 19.8 Å². The molecule has 168 valence electrons. The van der Waals surface area contributed by atoms with Crippen LogP contribution >= 0.6 is 0 Å². The molecule has 7 heteroatoms. The van der Waals surface area contributed by atoms with Crippen molar-refractivity contribution in [3.05, 3.63) is 83.9 Å². The summed E-state index contributed by atoms with van der Waals surface area (Å²) in [4.78, 5) is 27.2. The summed E-state index contributed by atoms with van der Waals surface area (Å²) in [6.07, 6.45) is 7.00. The van der Waals surface area contributed by atoms with Gasteiger partial charge in [-0.2, -0.15) is 0 Å². The Bertz CT molecular complexity index is 1200. The van der Waals surface area contributed by atoms with Gasteiger partial charge >= 0.3 is 0 Å². The molecular formula is C26H25N3O4. The van der Waals surface area contributed by atoms with Gasteiger partial charge in [-0.05, 0) is 60.8 Å². The zero-order chi connectivity index (χ0) is 22.8. The second-order valence-electron chi connectivity index (χ2n) is 8.40. The number of fused-ring (bicyclic) bond motifs is 1. The van der Waals surface area contributed by atoms with Crippen molar-refractivity contribution in [3.63, 3.8) is 0 Å². The van der Waals surface area contributed by atoms with E-state index >= 15 is 0 Å². The van der Waals surface area contributed by atoms with Crippen LogP contribution in [0.4, 0.5) is 5.69 Å². The molecule has 0 spiro atoms. The van der Waals surface area contributed by atoms with Crippen molar-refractivity contribution in [2.45, 2.75) is 25.4 Å². The van der Waals surface area contributed by atoms with Gasteiger partial charge in [-0.1, -0.05) is 18.2 Å². The minimum atomic E-state index is -0.440. The molecule has 1 aromatic heterocycles. The molecule has 0 bridgehead atoms. The van der Waals surface area contributed by atoms with Gasteiger partial charge in [-0.25, -0.2) is 0 Å². The second kappa shape index (κ2) is 9.05. The van der Waals surface area contributed by atoms with E-state index in [9.17, 15) is 14.7 Å². The lowest BCUT2D eigenvalue weighted by Gasteiger charge is -2.22. The normalized spacial score (nSPS) is 19.5. The highest BCUT2D eigenvalue weighted by Gasteiger charge is 2.28. The number of hydrogen-bond donors (Lipinski definition) is 3. The number of furan rings is 1. The maximum absolute atomic E-state index is 12.6. The van der Waals surface area contributed by atoms with Gasteiger partial charge in [0.2, 0.25) is 0 Å². The third-order valence-electron chi connectivity index (χ3n) is 6.31. The van der Waals surface area contributed by atoms with E-state index in [0.717, 1.165) is 42.7 Å². The van der Waals surface area contributed by atoms with E-state index in [1.54, 1.807) is 24.8 Å². The van der Waals surface area contributed by atoms with Gasteiger partial charge in [0.1, 0.15) is 0 Å². The zero-order valence-electron chi connectivity index (χ0n) is 18.1. The van der Waals surface area contributed by atoms with Crippen LogP contribution in [0, 0.1) is 0 Å². The lowest BCUT2D eigenvalue weighted by molar-refractivity contribution is -0.114. The largest absolute Gasteiger partial charge is 0.472 e. The van der Waals surface area contributed by atoms with Crippen molar-refractivity contribution in [1.82, 2.24) is 10.2 Å². The summed E-state index contributed by atoms with van der Waals surface area (Å²) in [6, 6.07) is 15.5. The Morgan fingerprint density at radius 3 is 2.67 bits per heavy atom. The van der Waals surface area contributed by atoms with Crippen molar-refractivity contribution in [2.24, 2.45) is 0 Å². The minimum Gasteiger partial charge on any atom is -0.472 e. The van der Waals surface area contributed by atoms with Gasteiger partial charge in [0.25, 0.3) is 11.8 Å². The van der Waals surface area contributed by atoms with E-state index in [2.05, 4.69) is 15.5 Å². The molecule has 1 fully saturated rings. The molecule has 33 heavy (non-hydrogen) atoms. The highest BCUT2D eigenvalue weighted by Crippen LogP contribution is 2.30. The van der Waals surface area contributed by atoms with Crippen LogP contribution in [0.25, 0.3) is 16.7 Å². The van der Waals surface area contributed by atoms with Crippen LogP contribution < -0.4 is 10.6 Å². The van der Waals surface area contributed by atoms with Crippen molar-refractivity contribution in [2.75, 3.05) is 18.5 Å². The fraction of sp³-hybridized carbons (Fsp3) is 0.231. The van der Waals surface area contributed by atoms with Crippen molar-refractivity contribution >= 4 is 23.1 Å². The number of anilines is 1. The van der Waals surface area contributed by atoms with E-state index in [1.807, 2.05) is 42.5 Å². The molecule has 0 radical (unpaired) electrons. The average molecular weight is 444 g/mol. The topological polar surface area (TPSA) is 94.8 Å². The summed E-state index contributed by atoms with van der Waals surface area (Å²) in [5.74, 6) is -0.844. The van der Waals surface area contributed by atoms with Gasteiger partial charge in [0, 0.05) is 41.2 Å². The number of benzene rings is 2. The Labute approximate surface area is 191 Å². The quantitative estimate of drug-likeness (QED) is 0.398. The molecule has 1 saturated heterocycles. The first-order valence-corrected chi connectivity index (χ1v) is 11.1. The fourth-order valence-corrected chi connectivity index (χ4v) is 4.48. The average Bonchev–Trinajstić information content (AvgIpc) is 3.52. The van der Waals surface area contributed by atoms with Crippen molar-refractivity contribution in [1.29, 1.82) is 0 Å². The van der Waals surface area contributed by atoms with Gasteiger partial charge in [0.05, 0.1) is 24.7 Å². The second-order valence-corrected chi connectivity index (χ2v) is 8.40. The minimum absolute atomic E-state index is 0.196. The number of carbonyl (C=O) groups excluding carboxylic acids is 2. The Morgan fingerprint density at radius 1 is 1.06 bits per heavy atom. The first-order chi connectivity index (χ1) is 16.1. The molecule has 2 aliphatic rings. The van der Waals surface area contributed by atoms with E-state index in [4.69, 9.17) is 4.42 Å². The first kappa shape index (κ1) is 21.2. The number of imide groups is 1. The van der Waals surface area contributed by atoms with Crippen LogP contribution in [0.15, 0.2) is 71.7 Å². The summed E-state index contributed by atoms with van der Waals surface area (Å²) < 4.78 is 5.16. The predicted molar refractivity (Wildman–Crippen MR) is 125 cm³/mol. The third-order valence-corrected chi connectivity index (χ3v) is 6.31. The lowest BCUT2D eigenvalue weighted by atomic mass is 9.92. The Balaban J connectivity index is 1.36. The number of rotatable bonds is 6. The molecule has 5 rings (SSSR count). The predicted octanol–water partition coefficient (Wildman–Crippen LogP) is 3.63. The Morgan fingerprint density at radius 2 is 1.91 bits per heavy atom. The number of nitrogens with zero attached hydrogens (tertiary/aromatic N) is 1. The van der Waals surface area contributed by atoms with E-state index in [0.29, 0.717) is 16.7 Å². The highest BCUT2D eigenvalue weighted by molar-refractivity contribution is 6.31. The molecule has 1 atom stereocenters. The molecular weight excluding hydrogens is 418 g/mol. The zero-order valence-corrected chi connectivity index (χ0v) is 18.1. The monoisotopic (exact) mass is 443 g/mol. The van der Waals surface area contributed by atoms with E-state index < -0.39 is 11.8 Å². The molecule has 3 aromatic rings. The standard InChI is InChI=1S/C26H25N3O4/c30-15-21-2-1-10-29(21)14-17-3-6-20(7-4-17)27-13-24-23-12-18(19-9-11-33-16-19)5-8-22(23)25(31)28-26(24)32/h3-9,11-13,16,21,27,30H,1-2,10,14-15H2,(H,28,31,32)/b24-13-. The smallest absolute Gasteiger partial charge is 0.260 e. The number of aliphatic hydroxyl groups excluding tert-OH is 1. The molecule has 2 amide bonds. The van der Waals surface area contributed by atoms with Gasteiger partial charge < -0.3 is 14.8 Å². The summed E-state index contributed by atoms with van der Waals surface area (Å²) in [5.41, 5.74) is 5.17. The lowest BCUT2D eigenvalue weighted by Crippen LogP contribution is -2.36. The molecule has 3 heterocycles. The number of hydrogen-bond acceptors (Lipinski definition) is 6. The summed E-state index contributed by atoms with van der Waals surface area (Å²) in [7, 11) is 0. The molecule has 3 N–H and O–H groups in total. The van der Waals surface area contributed by atoms with Crippen LogP contribution in [0.3, 0.4) is 0 Å². The number of aliphatic hydroxyl groups is 1. The molecule has 0 saturated carbocycles. The van der Waals surface area contributed by atoms with Crippen LogP contribution in [-0.4, -0.2) is 41.0 Å². The Hall–Kier alpha value is -3.68. The number of nitrogens with one attached hydrogen (secondary N) is 2. The maximum Gasteiger partial charge on any atom is 0.260 e. The third kappa shape index (κ3) is 4.33. The SMILES string of the molecule is O=C1NC(=O)c2ccc(-c3ccoc3)cc2/C1=C/Nc1ccc(CN2CCCC2CO)cc1. The summed E-state index contributed by atoms with van der Waals surface area (Å²) in [6.45, 7) is 2.01. The van der Waals surface area contributed by atoms with Crippen molar-refractivity contribution < 1.29 is 19.1 Å². The maximum atomic E-state index is 12.6. The van der Waals surface area contributed by atoms with Gasteiger partial charge in [0.15, 0.2) is 0 Å². The van der Waals surface area contributed by atoms with Crippen molar-refractivity contribution in [3.8, 4) is 11.1 Å². The number of carbonyl (C=O) groups is 2. The summed E-state index contributed by atoms with van der Waals surface area (Å²) >= 11 is 0. The Kier molecular flexibility index (Phi) is 5.81. The molecule has 2 aromatic carbocycles. The number of likely N-dealkylation sites (tertiary alicyclic amines) is 1.